The van der Waals surface area contributed by atoms with Gasteiger partial charge in [0.05, 0.1) is 12.1 Å². The number of carbonyl (C=O) groups excluding carboxylic acids is 1. The van der Waals surface area contributed by atoms with Crippen LogP contribution >= 0.6 is 11.3 Å². The Balaban J connectivity index is 1.75. The molecule has 2 heterocycles. The van der Waals surface area contributed by atoms with Gasteiger partial charge in [-0.2, -0.15) is 5.10 Å². The Morgan fingerprint density at radius 3 is 2.83 bits per heavy atom. The predicted octanol–water partition coefficient (Wildman–Crippen LogP) is 1.77. The molecule has 0 spiro atoms. The van der Waals surface area contributed by atoms with Crippen molar-refractivity contribution in [3.05, 3.63) is 46.5 Å². The van der Waals surface area contributed by atoms with Crippen LogP contribution in [0.25, 0.3) is 10.9 Å². The van der Waals surface area contributed by atoms with Gasteiger partial charge < -0.3 is 5.32 Å². The van der Waals surface area contributed by atoms with Crippen molar-refractivity contribution in [1.82, 2.24) is 20.2 Å². The fraction of sp³-hybridized carbons (Fsp3) is 0.200. The summed E-state index contributed by atoms with van der Waals surface area (Å²) in [5.74, 6) is -0.307. The average Bonchev–Trinajstić information content (AvgIpc) is 3.19. The van der Waals surface area contributed by atoms with Crippen molar-refractivity contribution >= 4 is 38.2 Å². The standard InChI is InChI=1S/C15H16N4O3S2/c1-9-3-5-12-11(7-9)14(19-18-12)15(20)17-8-10-4-6-13(23-10)24(21,22)16-2/h3-7,16H,8H2,1-2H3,(H,17,20)(H,18,19). The van der Waals surface area contributed by atoms with E-state index in [1.807, 2.05) is 25.1 Å². The molecule has 0 fully saturated rings. The van der Waals surface area contributed by atoms with E-state index in [2.05, 4.69) is 20.2 Å². The van der Waals surface area contributed by atoms with Gasteiger partial charge in [-0.1, -0.05) is 11.6 Å². The van der Waals surface area contributed by atoms with E-state index in [0.29, 0.717) is 5.69 Å². The molecule has 126 valence electrons. The summed E-state index contributed by atoms with van der Waals surface area (Å²) in [5.41, 5.74) is 2.16. The van der Waals surface area contributed by atoms with E-state index in [9.17, 15) is 13.2 Å². The molecule has 3 N–H and O–H groups in total. The largest absolute Gasteiger partial charge is 0.346 e. The Bertz CT molecular complexity index is 1000. The topological polar surface area (TPSA) is 104 Å². The summed E-state index contributed by atoms with van der Waals surface area (Å²) in [6, 6.07) is 8.92. The number of thiophene rings is 1. The lowest BCUT2D eigenvalue weighted by Gasteiger charge is -2.02. The Kier molecular flexibility index (Phi) is 4.39. The molecule has 0 bridgehead atoms. The van der Waals surface area contributed by atoms with Crippen LogP contribution in [0.1, 0.15) is 20.9 Å². The molecule has 0 saturated carbocycles. The van der Waals surface area contributed by atoms with E-state index in [0.717, 1.165) is 32.7 Å². The van der Waals surface area contributed by atoms with Crippen LogP contribution in [0.3, 0.4) is 0 Å². The molecule has 0 saturated heterocycles. The highest BCUT2D eigenvalue weighted by molar-refractivity contribution is 7.91. The van der Waals surface area contributed by atoms with E-state index in [1.54, 1.807) is 6.07 Å². The molecule has 0 aliphatic rings. The molecule has 0 aliphatic carbocycles. The van der Waals surface area contributed by atoms with E-state index in [4.69, 9.17) is 0 Å². The lowest BCUT2D eigenvalue weighted by atomic mass is 10.1. The van der Waals surface area contributed by atoms with E-state index < -0.39 is 10.0 Å². The van der Waals surface area contributed by atoms with Crippen molar-refractivity contribution in [3.63, 3.8) is 0 Å². The lowest BCUT2D eigenvalue weighted by Crippen LogP contribution is -2.23. The van der Waals surface area contributed by atoms with Crippen LogP contribution in [0.4, 0.5) is 0 Å². The number of nitrogens with zero attached hydrogens (tertiary/aromatic N) is 1. The Morgan fingerprint density at radius 1 is 1.29 bits per heavy atom. The molecule has 1 amide bonds. The maximum atomic E-state index is 12.3. The maximum Gasteiger partial charge on any atom is 0.272 e. The predicted molar refractivity (Wildman–Crippen MR) is 92.6 cm³/mol. The number of aromatic nitrogens is 2. The Morgan fingerprint density at radius 2 is 2.08 bits per heavy atom. The first-order valence-electron chi connectivity index (χ1n) is 7.16. The zero-order valence-electron chi connectivity index (χ0n) is 13.1. The van der Waals surface area contributed by atoms with Crippen LogP contribution in [-0.4, -0.2) is 31.6 Å². The molecule has 24 heavy (non-hydrogen) atoms. The fourth-order valence-corrected chi connectivity index (χ4v) is 4.38. The number of nitrogens with one attached hydrogen (secondary N) is 3. The second kappa shape index (κ2) is 6.34. The molecule has 0 unspecified atom stereocenters. The number of benzene rings is 1. The van der Waals surface area contributed by atoms with Crippen molar-refractivity contribution in [2.75, 3.05) is 7.05 Å². The third-order valence-electron chi connectivity index (χ3n) is 3.53. The molecule has 2 aromatic heterocycles. The zero-order chi connectivity index (χ0) is 17.3. The number of carbonyl (C=O) groups is 1. The van der Waals surface area contributed by atoms with Gasteiger partial charge in [-0.15, -0.1) is 11.3 Å². The molecule has 7 nitrogen and oxygen atoms in total. The van der Waals surface area contributed by atoms with Crippen molar-refractivity contribution in [2.24, 2.45) is 0 Å². The third kappa shape index (κ3) is 3.18. The summed E-state index contributed by atoms with van der Waals surface area (Å²) >= 11 is 1.12. The summed E-state index contributed by atoms with van der Waals surface area (Å²) in [6.07, 6.45) is 0. The van der Waals surface area contributed by atoms with Crippen LogP contribution in [0.15, 0.2) is 34.5 Å². The van der Waals surface area contributed by atoms with Crippen molar-refractivity contribution in [3.8, 4) is 0 Å². The van der Waals surface area contributed by atoms with Crippen LogP contribution in [0.2, 0.25) is 0 Å². The van der Waals surface area contributed by atoms with Crippen molar-refractivity contribution in [1.29, 1.82) is 0 Å². The van der Waals surface area contributed by atoms with Gasteiger partial charge in [-0.25, -0.2) is 13.1 Å². The van der Waals surface area contributed by atoms with Crippen LogP contribution < -0.4 is 10.0 Å². The van der Waals surface area contributed by atoms with E-state index >= 15 is 0 Å². The molecule has 0 aliphatic heterocycles. The molecule has 0 radical (unpaired) electrons. The molecule has 1 aromatic carbocycles. The van der Waals surface area contributed by atoms with Gasteiger partial charge in [0.25, 0.3) is 5.91 Å². The number of H-pyrrole nitrogens is 1. The number of aryl methyl sites for hydroxylation is 1. The van der Waals surface area contributed by atoms with Gasteiger partial charge in [-0.05, 0) is 38.2 Å². The number of rotatable bonds is 5. The van der Waals surface area contributed by atoms with Crippen molar-refractivity contribution < 1.29 is 13.2 Å². The van der Waals surface area contributed by atoms with Crippen LogP contribution in [0, 0.1) is 6.92 Å². The van der Waals surface area contributed by atoms with Gasteiger partial charge in [-0.3, -0.25) is 9.89 Å². The summed E-state index contributed by atoms with van der Waals surface area (Å²) in [7, 11) is -2.09. The second-order valence-electron chi connectivity index (χ2n) is 5.23. The molecule has 0 atom stereocenters. The SMILES string of the molecule is CNS(=O)(=O)c1ccc(CNC(=O)c2n[nH]c3ccc(C)cc23)s1. The number of aromatic amines is 1. The van der Waals surface area contributed by atoms with Crippen molar-refractivity contribution in [2.45, 2.75) is 17.7 Å². The third-order valence-corrected chi connectivity index (χ3v) is 6.52. The van der Waals surface area contributed by atoms with E-state index in [-0.39, 0.29) is 16.7 Å². The molecule has 3 rings (SSSR count). The first-order valence-corrected chi connectivity index (χ1v) is 9.46. The average molecular weight is 364 g/mol. The minimum absolute atomic E-state index is 0.218. The minimum Gasteiger partial charge on any atom is -0.346 e. The number of hydrogen-bond acceptors (Lipinski definition) is 5. The number of sulfonamides is 1. The summed E-state index contributed by atoms with van der Waals surface area (Å²) in [5, 5.41) is 10.4. The normalized spacial score (nSPS) is 11.8. The lowest BCUT2D eigenvalue weighted by molar-refractivity contribution is 0.0948. The highest BCUT2D eigenvalue weighted by atomic mass is 32.2. The summed E-state index contributed by atoms with van der Waals surface area (Å²) in [4.78, 5) is 13.1. The number of fused-ring (bicyclic) bond motifs is 1. The first-order chi connectivity index (χ1) is 11.4. The summed E-state index contributed by atoms with van der Waals surface area (Å²) < 4.78 is 25.9. The highest BCUT2D eigenvalue weighted by Crippen LogP contribution is 2.21. The highest BCUT2D eigenvalue weighted by Gasteiger charge is 2.16. The van der Waals surface area contributed by atoms with Gasteiger partial charge in [0.2, 0.25) is 10.0 Å². The monoisotopic (exact) mass is 364 g/mol. The molecule has 3 aromatic rings. The molecular weight excluding hydrogens is 348 g/mol. The quantitative estimate of drug-likeness (QED) is 0.642. The van der Waals surface area contributed by atoms with Gasteiger partial charge in [0, 0.05) is 10.3 Å². The van der Waals surface area contributed by atoms with Crippen LogP contribution in [0.5, 0.6) is 0 Å². The Labute approximate surface area is 143 Å². The zero-order valence-corrected chi connectivity index (χ0v) is 14.7. The summed E-state index contributed by atoms with van der Waals surface area (Å²) in [6.45, 7) is 2.19. The number of hydrogen-bond donors (Lipinski definition) is 3. The Hall–Kier alpha value is -2.23. The van der Waals surface area contributed by atoms with Gasteiger partial charge in [0.15, 0.2) is 5.69 Å². The van der Waals surface area contributed by atoms with E-state index in [1.165, 1.54) is 13.1 Å². The van der Waals surface area contributed by atoms with Gasteiger partial charge in [0.1, 0.15) is 4.21 Å². The minimum atomic E-state index is -3.45. The molecular formula is C15H16N4O3S2. The van der Waals surface area contributed by atoms with Crippen LogP contribution in [-0.2, 0) is 16.6 Å². The maximum absolute atomic E-state index is 12.3. The first kappa shape index (κ1) is 16.6. The smallest absolute Gasteiger partial charge is 0.272 e. The number of amides is 1. The fourth-order valence-electron chi connectivity index (χ4n) is 2.25. The van der Waals surface area contributed by atoms with Gasteiger partial charge >= 0.3 is 0 Å². The second-order valence-corrected chi connectivity index (χ2v) is 8.51. The molecule has 9 heteroatoms.